The Kier molecular flexibility index (Phi) is 9.35. The summed E-state index contributed by atoms with van der Waals surface area (Å²) in [5, 5.41) is 108. The van der Waals surface area contributed by atoms with E-state index < -0.39 is 111 Å². The quantitative estimate of drug-likeness (QED) is 0.149. The van der Waals surface area contributed by atoms with Gasteiger partial charge in [-0.1, -0.05) is 0 Å². The van der Waals surface area contributed by atoms with Gasteiger partial charge >= 0.3 is 5.97 Å². The van der Waals surface area contributed by atoms with Crippen molar-refractivity contribution in [3.8, 4) is 0 Å². The first-order valence-corrected chi connectivity index (χ1v) is 10.6. The van der Waals surface area contributed by atoms with Crippen molar-refractivity contribution in [1.29, 1.82) is 0 Å². The van der Waals surface area contributed by atoms with Crippen LogP contribution >= 0.6 is 0 Å². The van der Waals surface area contributed by atoms with Crippen molar-refractivity contribution in [1.82, 2.24) is 0 Å². The molecule has 0 saturated carbocycles. The summed E-state index contributed by atoms with van der Waals surface area (Å²) in [7, 11) is 0. The summed E-state index contributed by atoms with van der Waals surface area (Å²) in [6, 6.07) is 0. The van der Waals surface area contributed by atoms with E-state index in [0.717, 1.165) is 0 Å². The molecule has 3 rings (SSSR count). The van der Waals surface area contributed by atoms with Crippen molar-refractivity contribution in [2.45, 2.75) is 92.1 Å². The fourth-order valence-corrected chi connectivity index (χ4v) is 3.94. The minimum Gasteiger partial charge on any atom is -0.479 e. The van der Waals surface area contributed by atoms with E-state index in [2.05, 4.69) is 0 Å². The molecule has 3 saturated heterocycles. The molecule has 0 bridgehead atoms. The maximum absolute atomic E-state index is 11.2. The number of carbonyl (C=O) groups is 1. The fourth-order valence-electron chi connectivity index (χ4n) is 3.94. The lowest BCUT2D eigenvalue weighted by Gasteiger charge is -2.46. The van der Waals surface area contributed by atoms with Gasteiger partial charge in [0.2, 0.25) is 0 Å². The topological polar surface area (TPSA) is 286 Å². The molecule has 0 aromatic carbocycles. The van der Waals surface area contributed by atoms with Gasteiger partial charge in [-0.3, -0.25) is 0 Å². The van der Waals surface area contributed by atoms with Gasteiger partial charge in [0.25, 0.3) is 0 Å². The highest BCUT2D eigenvalue weighted by atomic mass is 16.7. The second-order valence-corrected chi connectivity index (χ2v) is 8.41. The third kappa shape index (κ3) is 5.74. The van der Waals surface area contributed by atoms with Gasteiger partial charge in [-0.05, 0) is 0 Å². The molecule has 3 heterocycles. The standard InChI is InChI=1S/C18H30O17/c19-1-3-13(34-18-11(26)7(22)8(23)14(35-18)15(28)29)9(24)12(27)17(33-3)31-2-4-5(20)6(21)10(25)16(30)32-4/h3-14,16-27,30H,1-2H2,(H,28,29)/t3-,4-,5-,6+,7+,8+,9-,10-,11-,12-,13+,14+,16?,17+,18-/m1/s1. The Bertz CT molecular complexity index is 709. The Morgan fingerprint density at radius 1 is 0.657 bits per heavy atom. The van der Waals surface area contributed by atoms with Crippen LogP contribution in [0.5, 0.6) is 0 Å². The van der Waals surface area contributed by atoms with Gasteiger partial charge in [0.05, 0.1) is 13.2 Å². The summed E-state index contributed by atoms with van der Waals surface area (Å²) < 4.78 is 25.8. The third-order valence-electron chi connectivity index (χ3n) is 6.04. The fraction of sp³-hybridized carbons (Fsp3) is 0.944. The number of aliphatic hydroxyl groups is 10. The normalized spacial score (nSPS) is 51.2. The molecule has 0 aliphatic carbocycles. The molecule has 17 heteroatoms. The number of hydrogen-bond acceptors (Lipinski definition) is 16. The number of carboxylic acid groups (broad SMARTS) is 1. The molecule has 0 spiro atoms. The Morgan fingerprint density at radius 3 is 1.86 bits per heavy atom. The van der Waals surface area contributed by atoms with E-state index >= 15 is 0 Å². The average molecular weight is 518 g/mol. The molecule has 204 valence electrons. The van der Waals surface area contributed by atoms with Crippen LogP contribution in [0.15, 0.2) is 0 Å². The molecule has 0 radical (unpaired) electrons. The first kappa shape index (κ1) is 28.4. The maximum atomic E-state index is 11.2. The second kappa shape index (κ2) is 11.5. The largest absolute Gasteiger partial charge is 0.479 e. The van der Waals surface area contributed by atoms with E-state index in [-0.39, 0.29) is 0 Å². The van der Waals surface area contributed by atoms with E-state index in [9.17, 15) is 55.9 Å². The molecule has 3 aliphatic rings. The molecule has 17 nitrogen and oxygen atoms in total. The lowest BCUT2D eigenvalue weighted by molar-refractivity contribution is -0.360. The van der Waals surface area contributed by atoms with Crippen LogP contribution in [0, 0.1) is 0 Å². The smallest absolute Gasteiger partial charge is 0.335 e. The molecule has 0 amide bonds. The van der Waals surface area contributed by atoms with Crippen LogP contribution < -0.4 is 0 Å². The summed E-state index contributed by atoms with van der Waals surface area (Å²) in [5.74, 6) is -1.68. The summed E-state index contributed by atoms with van der Waals surface area (Å²) in [6.45, 7) is -1.47. The first-order valence-electron chi connectivity index (χ1n) is 10.6. The molecular weight excluding hydrogens is 488 g/mol. The van der Waals surface area contributed by atoms with Crippen LogP contribution in [0.2, 0.25) is 0 Å². The van der Waals surface area contributed by atoms with E-state index in [1.807, 2.05) is 0 Å². The molecule has 35 heavy (non-hydrogen) atoms. The number of aliphatic carboxylic acids is 1. The predicted octanol–water partition coefficient (Wildman–Crippen LogP) is -7.48. The lowest BCUT2D eigenvalue weighted by atomic mass is 9.96. The number of hydrogen-bond donors (Lipinski definition) is 11. The zero-order valence-corrected chi connectivity index (χ0v) is 17.9. The molecule has 0 aromatic rings. The molecule has 0 aromatic heterocycles. The van der Waals surface area contributed by atoms with Crippen molar-refractivity contribution < 1.29 is 84.7 Å². The van der Waals surface area contributed by atoms with Crippen LogP contribution in [0.25, 0.3) is 0 Å². The second-order valence-electron chi connectivity index (χ2n) is 8.41. The predicted molar refractivity (Wildman–Crippen MR) is 102 cm³/mol. The molecular formula is C18H30O17. The number of ether oxygens (including phenoxy) is 5. The molecule has 11 N–H and O–H groups in total. The van der Waals surface area contributed by atoms with Crippen LogP contribution in [0.4, 0.5) is 0 Å². The van der Waals surface area contributed by atoms with Crippen LogP contribution in [-0.4, -0.2) is 167 Å². The van der Waals surface area contributed by atoms with Gasteiger partial charge in [-0.15, -0.1) is 0 Å². The van der Waals surface area contributed by atoms with Crippen LogP contribution in [0.3, 0.4) is 0 Å². The SMILES string of the molecule is O=C(O)[C@H]1O[C@@H](O[C@@H]2[C@H](O)[C@@H](O)[C@@H](OC[C@H]3OC(O)[C@H](O)[C@@H](O)[C@@H]3O)O[C@@H]2CO)[C@H](O)[C@@H](O)[C@@H]1O. The molecule has 3 aliphatic heterocycles. The monoisotopic (exact) mass is 518 g/mol. The van der Waals surface area contributed by atoms with Crippen molar-refractivity contribution in [3.63, 3.8) is 0 Å². The zero-order valence-electron chi connectivity index (χ0n) is 17.9. The highest BCUT2D eigenvalue weighted by Gasteiger charge is 2.52. The lowest BCUT2D eigenvalue weighted by Crippen LogP contribution is -2.65. The number of aliphatic hydroxyl groups excluding tert-OH is 10. The molecule has 15 atom stereocenters. The van der Waals surface area contributed by atoms with Gasteiger partial charge < -0.3 is 79.9 Å². The van der Waals surface area contributed by atoms with Gasteiger partial charge in [-0.25, -0.2) is 4.79 Å². The minimum absolute atomic E-state index is 0.616. The maximum Gasteiger partial charge on any atom is 0.335 e. The van der Waals surface area contributed by atoms with Crippen molar-refractivity contribution in [2.24, 2.45) is 0 Å². The highest BCUT2D eigenvalue weighted by molar-refractivity contribution is 5.73. The third-order valence-corrected chi connectivity index (χ3v) is 6.04. The Balaban J connectivity index is 1.65. The zero-order chi connectivity index (χ0) is 26.2. The van der Waals surface area contributed by atoms with E-state index in [1.54, 1.807) is 0 Å². The summed E-state index contributed by atoms with van der Waals surface area (Å²) in [5.41, 5.74) is 0. The first-order chi connectivity index (χ1) is 16.4. The molecule has 3 fully saturated rings. The van der Waals surface area contributed by atoms with Crippen molar-refractivity contribution in [3.05, 3.63) is 0 Å². The van der Waals surface area contributed by atoms with Crippen LogP contribution in [0.1, 0.15) is 0 Å². The van der Waals surface area contributed by atoms with Crippen molar-refractivity contribution in [2.75, 3.05) is 13.2 Å². The van der Waals surface area contributed by atoms with E-state index in [1.165, 1.54) is 0 Å². The van der Waals surface area contributed by atoms with Gasteiger partial charge in [0.1, 0.15) is 67.1 Å². The van der Waals surface area contributed by atoms with Crippen LogP contribution in [-0.2, 0) is 28.5 Å². The summed E-state index contributed by atoms with van der Waals surface area (Å²) >= 11 is 0. The Labute approximate surface area is 196 Å². The minimum atomic E-state index is -2.00. The van der Waals surface area contributed by atoms with Gasteiger partial charge in [-0.2, -0.15) is 0 Å². The average Bonchev–Trinajstić information content (AvgIpc) is 2.82. The highest BCUT2D eigenvalue weighted by Crippen LogP contribution is 2.30. The molecule has 1 unspecified atom stereocenters. The summed E-state index contributed by atoms with van der Waals surface area (Å²) in [6.07, 6.45) is -27.0. The number of rotatable bonds is 7. The van der Waals surface area contributed by atoms with Gasteiger partial charge in [0.15, 0.2) is 25.0 Å². The Morgan fingerprint density at radius 2 is 1.26 bits per heavy atom. The van der Waals surface area contributed by atoms with Gasteiger partial charge in [0, 0.05) is 0 Å². The number of carboxylic acids is 1. The Hall–Kier alpha value is -1.13. The van der Waals surface area contributed by atoms with Crippen molar-refractivity contribution >= 4 is 5.97 Å². The van der Waals surface area contributed by atoms with E-state index in [4.69, 9.17) is 28.8 Å². The summed E-state index contributed by atoms with van der Waals surface area (Å²) in [4.78, 5) is 11.2. The van der Waals surface area contributed by atoms with E-state index in [0.29, 0.717) is 0 Å².